The number of nitrogens with one attached hydrogen (secondary N) is 2. The number of nitrogens with two attached hydrogens (primary N) is 1. The summed E-state index contributed by atoms with van der Waals surface area (Å²) in [5.41, 5.74) is 5.70. The maximum atomic E-state index is 11.4. The molecule has 2 rings (SSSR count). The lowest BCUT2D eigenvalue weighted by Gasteiger charge is -2.25. The van der Waals surface area contributed by atoms with E-state index in [1.165, 1.54) is 19.2 Å². The quantitative estimate of drug-likeness (QED) is 0.682. The van der Waals surface area contributed by atoms with Gasteiger partial charge in [-0.05, 0) is 26.3 Å². The van der Waals surface area contributed by atoms with Gasteiger partial charge in [0.2, 0.25) is 0 Å². The molecule has 1 aromatic rings. The van der Waals surface area contributed by atoms with Gasteiger partial charge in [-0.25, -0.2) is 4.98 Å². The van der Waals surface area contributed by atoms with Crippen molar-refractivity contribution in [3.8, 4) is 0 Å². The highest BCUT2D eigenvalue weighted by molar-refractivity contribution is 5.60. The first-order valence-electron chi connectivity index (χ1n) is 6.04. The summed E-state index contributed by atoms with van der Waals surface area (Å²) in [5.74, 6) is 0.588. The zero-order valence-electron chi connectivity index (χ0n) is 10.1. The van der Waals surface area contributed by atoms with Crippen molar-refractivity contribution in [1.29, 1.82) is 0 Å². The summed E-state index contributed by atoms with van der Waals surface area (Å²) in [6.45, 7) is 4.74. The SMILES string of the molecule is CCN(CC1CCCN1)c1nc[nH]c(=O)c1N. The maximum absolute atomic E-state index is 11.4. The predicted molar refractivity (Wildman–Crippen MR) is 68.2 cm³/mol. The van der Waals surface area contributed by atoms with E-state index in [1.54, 1.807) is 0 Å². The number of hydrogen-bond acceptors (Lipinski definition) is 5. The Morgan fingerprint density at radius 1 is 1.65 bits per heavy atom. The van der Waals surface area contributed by atoms with Crippen LogP contribution in [-0.2, 0) is 0 Å². The molecule has 94 valence electrons. The Morgan fingerprint density at radius 3 is 3.12 bits per heavy atom. The highest BCUT2D eigenvalue weighted by Crippen LogP contribution is 2.17. The molecule has 0 aliphatic carbocycles. The molecule has 17 heavy (non-hydrogen) atoms. The van der Waals surface area contributed by atoms with Gasteiger partial charge in [0.1, 0.15) is 5.69 Å². The summed E-state index contributed by atoms with van der Waals surface area (Å²) in [6.07, 6.45) is 3.78. The number of likely N-dealkylation sites (N-methyl/N-ethyl adjacent to an activating group) is 1. The molecule has 6 heteroatoms. The van der Waals surface area contributed by atoms with Crippen molar-refractivity contribution in [1.82, 2.24) is 15.3 Å². The summed E-state index contributed by atoms with van der Waals surface area (Å²) < 4.78 is 0. The summed E-state index contributed by atoms with van der Waals surface area (Å²) in [6, 6.07) is 0.468. The second-order valence-electron chi connectivity index (χ2n) is 4.30. The number of hydrogen-bond donors (Lipinski definition) is 3. The van der Waals surface area contributed by atoms with Crippen molar-refractivity contribution >= 4 is 11.5 Å². The van der Waals surface area contributed by atoms with Crippen LogP contribution in [-0.4, -0.2) is 35.6 Å². The van der Waals surface area contributed by atoms with Gasteiger partial charge in [-0.2, -0.15) is 0 Å². The smallest absolute Gasteiger partial charge is 0.276 e. The second-order valence-corrected chi connectivity index (χ2v) is 4.30. The zero-order chi connectivity index (χ0) is 12.3. The minimum Gasteiger partial charge on any atom is -0.391 e. The van der Waals surface area contributed by atoms with Crippen LogP contribution in [0.2, 0.25) is 0 Å². The van der Waals surface area contributed by atoms with Crippen LogP contribution in [0.25, 0.3) is 0 Å². The minimum absolute atomic E-state index is 0.201. The van der Waals surface area contributed by atoms with Gasteiger partial charge in [-0.3, -0.25) is 4.79 Å². The number of anilines is 2. The third kappa shape index (κ3) is 2.58. The molecular weight excluding hydrogens is 218 g/mol. The van der Waals surface area contributed by atoms with Crippen molar-refractivity contribution in [2.45, 2.75) is 25.8 Å². The lowest BCUT2D eigenvalue weighted by Crippen LogP contribution is -2.39. The van der Waals surface area contributed by atoms with E-state index in [2.05, 4.69) is 15.3 Å². The third-order valence-electron chi connectivity index (χ3n) is 3.15. The molecule has 1 fully saturated rings. The molecule has 1 aliphatic heterocycles. The molecule has 1 aromatic heterocycles. The molecule has 1 atom stereocenters. The van der Waals surface area contributed by atoms with Crippen molar-refractivity contribution in [3.05, 3.63) is 16.7 Å². The first-order chi connectivity index (χ1) is 8.22. The molecule has 6 nitrogen and oxygen atoms in total. The average Bonchev–Trinajstić information content (AvgIpc) is 2.83. The molecule has 0 amide bonds. The number of aromatic nitrogens is 2. The van der Waals surface area contributed by atoms with E-state index in [-0.39, 0.29) is 11.2 Å². The van der Waals surface area contributed by atoms with Crippen molar-refractivity contribution in [3.63, 3.8) is 0 Å². The molecule has 0 spiro atoms. The van der Waals surface area contributed by atoms with E-state index < -0.39 is 0 Å². The van der Waals surface area contributed by atoms with Gasteiger partial charge in [0.25, 0.3) is 5.56 Å². The Morgan fingerprint density at radius 2 is 2.47 bits per heavy atom. The first kappa shape index (κ1) is 11.9. The maximum Gasteiger partial charge on any atom is 0.276 e. The van der Waals surface area contributed by atoms with Gasteiger partial charge < -0.3 is 20.9 Å². The summed E-state index contributed by atoms with van der Waals surface area (Å²) in [7, 11) is 0. The molecule has 2 heterocycles. The van der Waals surface area contributed by atoms with Gasteiger partial charge in [0.15, 0.2) is 5.82 Å². The van der Waals surface area contributed by atoms with Gasteiger partial charge in [0, 0.05) is 19.1 Å². The van der Waals surface area contributed by atoms with Gasteiger partial charge in [0.05, 0.1) is 6.33 Å². The Balaban J connectivity index is 2.16. The van der Waals surface area contributed by atoms with Crippen LogP contribution < -0.4 is 21.5 Å². The zero-order valence-corrected chi connectivity index (χ0v) is 10.1. The first-order valence-corrected chi connectivity index (χ1v) is 6.04. The molecule has 0 aromatic carbocycles. The Hall–Kier alpha value is -1.56. The summed E-state index contributed by atoms with van der Waals surface area (Å²) in [5, 5.41) is 3.43. The monoisotopic (exact) mass is 237 g/mol. The van der Waals surface area contributed by atoms with Crippen LogP contribution in [0, 0.1) is 0 Å². The van der Waals surface area contributed by atoms with E-state index in [9.17, 15) is 4.79 Å². The van der Waals surface area contributed by atoms with Gasteiger partial charge in [-0.15, -0.1) is 0 Å². The Kier molecular flexibility index (Phi) is 3.63. The van der Waals surface area contributed by atoms with Crippen LogP contribution in [0.1, 0.15) is 19.8 Å². The molecule has 1 saturated heterocycles. The van der Waals surface area contributed by atoms with Crippen LogP contribution >= 0.6 is 0 Å². The van der Waals surface area contributed by atoms with Crippen molar-refractivity contribution in [2.24, 2.45) is 0 Å². The fraction of sp³-hybridized carbons (Fsp3) is 0.636. The lowest BCUT2D eigenvalue weighted by molar-refractivity contribution is 0.584. The number of aromatic amines is 1. The number of nitrogens with zero attached hydrogens (tertiary/aromatic N) is 2. The predicted octanol–water partition coefficient (Wildman–Crippen LogP) is -0.0696. The number of nitrogen functional groups attached to an aromatic ring is 1. The largest absolute Gasteiger partial charge is 0.391 e. The van der Waals surface area contributed by atoms with E-state index in [0.717, 1.165) is 19.6 Å². The van der Waals surface area contributed by atoms with Crippen LogP contribution in [0.15, 0.2) is 11.1 Å². The summed E-state index contributed by atoms with van der Waals surface area (Å²) >= 11 is 0. The van der Waals surface area contributed by atoms with E-state index in [1.807, 2.05) is 11.8 Å². The lowest BCUT2D eigenvalue weighted by atomic mass is 10.2. The Bertz CT molecular complexity index is 424. The third-order valence-corrected chi connectivity index (χ3v) is 3.15. The topological polar surface area (TPSA) is 87.0 Å². The summed E-state index contributed by atoms with van der Waals surface area (Å²) in [4.78, 5) is 20.1. The highest BCUT2D eigenvalue weighted by atomic mass is 16.1. The second kappa shape index (κ2) is 5.18. The van der Waals surface area contributed by atoms with E-state index >= 15 is 0 Å². The van der Waals surface area contributed by atoms with Gasteiger partial charge in [-0.1, -0.05) is 0 Å². The number of rotatable bonds is 4. The molecule has 1 aliphatic rings. The molecule has 0 bridgehead atoms. The minimum atomic E-state index is -0.271. The van der Waals surface area contributed by atoms with Crippen molar-refractivity contribution < 1.29 is 0 Å². The van der Waals surface area contributed by atoms with E-state index in [0.29, 0.717) is 11.9 Å². The fourth-order valence-electron chi connectivity index (χ4n) is 2.20. The van der Waals surface area contributed by atoms with Crippen LogP contribution in [0.5, 0.6) is 0 Å². The molecule has 1 unspecified atom stereocenters. The van der Waals surface area contributed by atoms with Gasteiger partial charge >= 0.3 is 0 Å². The normalized spacial score (nSPS) is 19.5. The molecular formula is C11H19N5O. The van der Waals surface area contributed by atoms with E-state index in [4.69, 9.17) is 5.73 Å². The standard InChI is InChI=1S/C11H19N5O/c1-2-16(6-8-4-3-5-13-8)10-9(12)11(17)15-7-14-10/h7-8,13H,2-6,12H2,1H3,(H,14,15,17). The fourth-order valence-corrected chi connectivity index (χ4v) is 2.20. The average molecular weight is 237 g/mol. The van der Waals surface area contributed by atoms with Crippen molar-refractivity contribution in [2.75, 3.05) is 30.3 Å². The molecule has 0 radical (unpaired) electrons. The number of H-pyrrole nitrogens is 1. The van der Waals surface area contributed by atoms with Crippen LogP contribution in [0.4, 0.5) is 11.5 Å². The van der Waals surface area contributed by atoms with Crippen LogP contribution in [0.3, 0.4) is 0 Å². The highest BCUT2D eigenvalue weighted by Gasteiger charge is 2.19. The molecule has 4 N–H and O–H groups in total. The molecule has 0 saturated carbocycles. The Labute approximate surface area is 100 Å².